The smallest absolute Gasteiger partial charge is 0.333 e. The molecule has 1 aromatic carbocycles. The summed E-state index contributed by atoms with van der Waals surface area (Å²) in [5, 5.41) is 9.64. The Morgan fingerprint density at radius 3 is 2.80 bits per heavy atom. The number of esters is 1. The molecule has 3 heteroatoms. The van der Waals surface area contributed by atoms with Crippen LogP contribution in [0.1, 0.15) is 18.1 Å². The number of benzene rings is 1. The number of hydrogen-bond donors (Lipinski definition) is 1. The molecule has 3 nitrogen and oxygen atoms in total. The van der Waals surface area contributed by atoms with Crippen LogP contribution in [-0.4, -0.2) is 11.1 Å². The summed E-state index contributed by atoms with van der Waals surface area (Å²) < 4.78 is 4.93. The molecule has 0 bridgehead atoms. The van der Waals surface area contributed by atoms with Gasteiger partial charge < -0.3 is 9.84 Å². The maximum absolute atomic E-state index is 11.1. The van der Waals surface area contributed by atoms with E-state index in [0.717, 1.165) is 5.56 Å². The molecule has 0 heterocycles. The second-order valence-corrected chi connectivity index (χ2v) is 3.44. The van der Waals surface area contributed by atoms with E-state index in [0.29, 0.717) is 11.1 Å². The second-order valence-electron chi connectivity index (χ2n) is 3.44. The topological polar surface area (TPSA) is 46.5 Å². The van der Waals surface area contributed by atoms with Crippen molar-refractivity contribution in [3.63, 3.8) is 0 Å². The minimum Gasteiger partial charge on any atom is -0.507 e. The monoisotopic (exact) mass is 206 g/mol. The maximum atomic E-state index is 11.1. The van der Waals surface area contributed by atoms with Gasteiger partial charge in [-0.15, -0.1) is 0 Å². The van der Waals surface area contributed by atoms with Crippen LogP contribution in [0.2, 0.25) is 0 Å². The van der Waals surface area contributed by atoms with Crippen molar-refractivity contribution < 1.29 is 14.6 Å². The van der Waals surface area contributed by atoms with E-state index in [-0.39, 0.29) is 12.4 Å². The molecule has 0 fully saturated rings. The Labute approximate surface area is 89.0 Å². The van der Waals surface area contributed by atoms with E-state index in [1.54, 1.807) is 32.0 Å². The van der Waals surface area contributed by atoms with Crippen LogP contribution < -0.4 is 0 Å². The first-order chi connectivity index (χ1) is 7.02. The molecular weight excluding hydrogens is 192 g/mol. The van der Waals surface area contributed by atoms with Gasteiger partial charge in [0.05, 0.1) is 0 Å². The normalized spacial score (nSPS) is 9.73. The number of carbonyl (C=O) groups excluding carboxylic acids is 1. The number of rotatable bonds is 3. The van der Waals surface area contributed by atoms with Gasteiger partial charge in [-0.25, -0.2) is 4.79 Å². The summed E-state index contributed by atoms with van der Waals surface area (Å²) in [7, 11) is 0. The molecule has 0 radical (unpaired) electrons. The van der Waals surface area contributed by atoms with Crippen LogP contribution in [0.5, 0.6) is 5.75 Å². The molecule has 0 saturated heterocycles. The van der Waals surface area contributed by atoms with E-state index in [2.05, 4.69) is 6.58 Å². The van der Waals surface area contributed by atoms with E-state index in [1.807, 2.05) is 0 Å². The summed E-state index contributed by atoms with van der Waals surface area (Å²) >= 11 is 0. The number of ether oxygens (including phenoxy) is 1. The van der Waals surface area contributed by atoms with Crippen molar-refractivity contribution in [1.29, 1.82) is 0 Å². The quantitative estimate of drug-likeness (QED) is 0.609. The summed E-state index contributed by atoms with van der Waals surface area (Å²) in [5.74, 6) is -0.275. The lowest BCUT2D eigenvalue weighted by molar-refractivity contribution is -0.140. The molecule has 0 amide bonds. The Balaban J connectivity index is 2.70. The zero-order valence-electron chi connectivity index (χ0n) is 8.91. The lowest BCUT2D eigenvalue weighted by Crippen LogP contribution is -2.05. The summed E-state index contributed by atoms with van der Waals surface area (Å²) in [4.78, 5) is 11.1. The molecule has 0 aliphatic heterocycles. The predicted molar refractivity (Wildman–Crippen MR) is 57.5 cm³/mol. The number of aromatic hydroxyl groups is 1. The molecule has 1 aromatic rings. The van der Waals surface area contributed by atoms with E-state index in [1.165, 1.54) is 0 Å². The van der Waals surface area contributed by atoms with Crippen molar-refractivity contribution in [3.8, 4) is 5.75 Å². The van der Waals surface area contributed by atoms with Crippen molar-refractivity contribution in [3.05, 3.63) is 41.5 Å². The average molecular weight is 206 g/mol. The van der Waals surface area contributed by atoms with Gasteiger partial charge in [-0.05, 0) is 19.4 Å². The van der Waals surface area contributed by atoms with Crippen LogP contribution in [0.15, 0.2) is 30.4 Å². The first-order valence-corrected chi connectivity index (χ1v) is 4.62. The minimum absolute atomic E-state index is 0.0687. The summed E-state index contributed by atoms with van der Waals surface area (Å²) in [6.45, 7) is 6.91. The maximum Gasteiger partial charge on any atom is 0.333 e. The molecule has 0 saturated carbocycles. The largest absolute Gasteiger partial charge is 0.507 e. The van der Waals surface area contributed by atoms with Gasteiger partial charge in [-0.2, -0.15) is 0 Å². The molecular formula is C12H14O3. The van der Waals surface area contributed by atoms with Crippen molar-refractivity contribution in [1.82, 2.24) is 0 Å². The van der Waals surface area contributed by atoms with E-state index >= 15 is 0 Å². The number of para-hydroxylation sites is 1. The SMILES string of the molecule is C=C(C)C(=O)OCc1cccc(C)c1O. The fourth-order valence-corrected chi connectivity index (χ4v) is 1.10. The zero-order valence-corrected chi connectivity index (χ0v) is 8.91. The number of phenols is 1. The van der Waals surface area contributed by atoms with Gasteiger partial charge in [-0.3, -0.25) is 0 Å². The molecule has 0 atom stereocenters. The summed E-state index contributed by atoms with van der Waals surface area (Å²) in [5.41, 5.74) is 1.71. The van der Waals surface area contributed by atoms with Crippen molar-refractivity contribution >= 4 is 5.97 Å². The molecule has 15 heavy (non-hydrogen) atoms. The van der Waals surface area contributed by atoms with Gasteiger partial charge in [0, 0.05) is 11.1 Å². The first-order valence-electron chi connectivity index (χ1n) is 4.62. The van der Waals surface area contributed by atoms with Gasteiger partial charge in [0.25, 0.3) is 0 Å². The predicted octanol–water partition coefficient (Wildman–Crippen LogP) is 2.32. The number of phenolic OH excluding ortho intramolecular Hbond substituents is 1. The van der Waals surface area contributed by atoms with Crippen LogP contribution >= 0.6 is 0 Å². The fourth-order valence-electron chi connectivity index (χ4n) is 1.10. The van der Waals surface area contributed by atoms with Gasteiger partial charge in [-0.1, -0.05) is 24.8 Å². The molecule has 0 aliphatic rings. The molecule has 0 spiro atoms. The van der Waals surface area contributed by atoms with Crippen LogP contribution in [0.4, 0.5) is 0 Å². The molecule has 0 aliphatic carbocycles. The Bertz CT molecular complexity index is 394. The first kappa shape index (κ1) is 11.3. The fraction of sp³-hybridized carbons (Fsp3) is 0.250. The zero-order chi connectivity index (χ0) is 11.4. The van der Waals surface area contributed by atoms with Crippen molar-refractivity contribution in [2.24, 2.45) is 0 Å². The Kier molecular flexibility index (Phi) is 3.50. The highest BCUT2D eigenvalue weighted by molar-refractivity contribution is 5.86. The van der Waals surface area contributed by atoms with Crippen molar-refractivity contribution in [2.45, 2.75) is 20.5 Å². The minimum atomic E-state index is -0.448. The third-order valence-electron chi connectivity index (χ3n) is 2.03. The van der Waals surface area contributed by atoms with Gasteiger partial charge in [0.1, 0.15) is 12.4 Å². The van der Waals surface area contributed by atoms with E-state index in [4.69, 9.17) is 4.74 Å². The molecule has 1 rings (SSSR count). The Hall–Kier alpha value is -1.77. The van der Waals surface area contributed by atoms with E-state index < -0.39 is 5.97 Å². The van der Waals surface area contributed by atoms with Crippen LogP contribution in [-0.2, 0) is 16.1 Å². The molecule has 0 aromatic heterocycles. The highest BCUT2D eigenvalue weighted by Gasteiger charge is 2.07. The molecule has 0 unspecified atom stereocenters. The summed E-state index contributed by atoms with van der Waals surface area (Å²) in [6, 6.07) is 5.31. The Morgan fingerprint density at radius 1 is 1.53 bits per heavy atom. The summed E-state index contributed by atoms with van der Waals surface area (Å²) in [6.07, 6.45) is 0. The van der Waals surface area contributed by atoms with Gasteiger partial charge in [0.15, 0.2) is 0 Å². The highest BCUT2D eigenvalue weighted by Crippen LogP contribution is 2.22. The Morgan fingerprint density at radius 2 is 2.20 bits per heavy atom. The van der Waals surface area contributed by atoms with E-state index in [9.17, 15) is 9.90 Å². The number of hydrogen-bond acceptors (Lipinski definition) is 3. The second kappa shape index (κ2) is 4.64. The standard InChI is InChI=1S/C12H14O3/c1-8(2)12(14)15-7-10-6-4-5-9(3)11(10)13/h4-6,13H,1,7H2,2-3H3. The third kappa shape index (κ3) is 2.84. The van der Waals surface area contributed by atoms with Crippen molar-refractivity contribution in [2.75, 3.05) is 0 Å². The lowest BCUT2D eigenvalue weighted by atomic mass is 10.1. The van der Waals surface area contributed by atoms with Gasteiger partial charge >= 0.3 is 5.97 Å². The van der Waals surface area contributed by atoms with Gasteiger partial charge in [0.2, 0.25) is 0 Å². The molecule has 80 valence electrons. The van der Waals surface area contributed by atoms with Crippen LogP contribution in [0, 0.1) is 6.92 Å². The lowest BCUT2D eigenvalue weighted by Gasteiger charge is -2.07. The number of carbonyl (C=O) groups is 1. The number of aryl methyl sites for hydroxylation is 1. The van der Waals surface area contributed by atoms with Crippen LogP contribution in [0.3, 0.4) is 0 Å². The average Bonchev–Trinajstić information content (AvgIpc) is 2.19. The third-order valence-corrected chi connectivity index (χ3v) is 2.03. The highest BCUT2D eigenvalue weighted by atomic mass is 16.5. The van der Waals surface area contributed by atoms with Crippen LogP contribution in [0.25, 0.3) is 0 Å². The molecule has 1 N–H and O–H groups in total.